The van der Waals surface area contributed by atoms with Crippen molar-refractivity contribution in [2.24, 2.45) is 0 Å². The standard InChI is InChI=1S/C11H14N2O3.C8H17NO2.C7H7NO/c1-2-12-11(16)13-9(10(14)15)8-6-4-3-5-7-8;1-2-3-4-5-6-7-8(10)9-11;9-6-8-7-4-2-1-3-5-7/h3-7,9H,2H2,1H3,(H,14,15)(H2,12,13,16);11H,2-7H2,1H3,(H,9,10);1-6H,(H,8,9). The number of urea groups is 1. The largest absolute Gasteiger partial charge is 0.479 e. The van der Waals surface area contributed by atoms with E-state index in [1.807, 2.05) is 30.3 Å². The van der Waals surface area contributed by atoms with Gasteiger partial charge < -0.3 is 21.1 Å². The van der Waals surface area contributed by atoms with E-state index < -0.39 is 18.0 Å². The van der Waals surface area contributed by atoms with Crippen LogP contribution in [0.1, 0.15) is 64.0 Å². The molecule has 4 amide bonds. The van der Waals surface area contributed by atoms with E-state index in [0.717, 1.165) is 18.5 Å². The number of rotatable bonds is 12. The first-order valence-electron chi connectivity index (χ1n) is 11.9. The predicted molar refractivity (Wildman–Crippen MR) is 138 cm³/mol. The SMILES string of the molecule is CCCCCCCC(=O)NO.CCNC(=O)NC(C(=O)O)c1ccccc1.O=CNc1ccccc1. The lowest BCUT2D eigenvalue weighted by atomic mass is 10.1. The molecule has 0 spiro atoms. The number of amides is 4. The number of para-hydroxylation sites is 1. The van der Waals surface area contributed by atoms with E-state index in [-0.39, 0.29) is 5.91 Å². The third-order valence-corrected chi connectivity index (χ3v) is 4.62. The van der Waals surface area contributed by atoms with E-state index in [1.54, 1.807) is 42.7 Å². The minimum atomic E-state index is -1.09. The molecule has 36 heavy (non-hydrogen) atoms. The Labute approximate surface area is 212 Å². The molecule has 1 unspecified atom stereocenters. The molecule has 0 radical (unpaired) electrons. The molecule has 2 rings (SSSR count). The van der Waals surface area contributed by atoms with Gasteiger partial charge in [0.2, 0.25) is 12.3 Å². The highest BCUT2D eigenvalue weighted by Crippen LogP contribution is 2.12. The molecule has 0 aliphatic carbocycles. The number of carboxylic acid groups (broad SMARTS) is 1. The Bertz CT molecular complexity index is 865. The van der Waals surface area contributed by atoms with Crippen LogP contribution in [-0.2, 0) is 14.4 Å². The summed E-state index contributed by atoms with van der Waals surface area (Å²) in [7, 11) is 0. The van der Waals surface area contributed by atoms with Gasteiger partial charge in [0.15, 0.2) is 6.04 Å². The molecule has 0 fully saturated rings. The van der Waals surface area contributed by atoms with Crippen molar-refractivity contribution in [2.75, 3.05) is 11.9 Å². The lowest BCUT2D eigenvalue weighted by molar-refractivity contribution is -0.139. The fourth-order valence-corrected chi connectivity index (χ4v) is 2.82. The van der Waals surface area contributed by atoms with E-state index in [2.05, 4.69) is 22.9 Å². The number of benzene rings is 2. The molecule has 0 aliphatic heterocycles. The van der Waals surface area contributed by atoms with E-state index in [9.17, 15) is 19.2 Å². The van der Waals surface area contributed by atoms with E-state index in [1.165, 1.54) is 19.3 Å². The summed E-state index contributed by atoms with van der Waals surface area (Å²) in [5, 5.41) is 24.5. The van der Waals surface area contributed by atoms with Crippen LogP contribution in [0.15, 0.2) is 60.7 Å². The van der Waals surface area contributed by atoms with Crippen LogP contribution in [-0.4, -0.2) is 41.2 Å². The zero-order chi connectivity index (χ0) is 27.0. The Kier molecular flexibility index (Phi) is 19.3. The molecule has 1 atom stereocenters. The maximum Gasteiger partial charge on any atom is 0.330 e. The lowest BCUT2D eigenvalue weighted by Gasteiger charge is -2.14. The van der Waals surface area contributed by atoms with Gasteiger partial charge in [-0.05, 0) is 31.0 Å². The molecular formula is C26H38N4O6. The molecule has 0 bridgehead atoms. The summed E-state index contributed by atoms with van der Waals surface area (Å²) in [6.45, 7) is 4.37. The van der Waals surface area contributed by atoms with Crippen molar-refractivity contribution in [3.63, 3.8) is 0 Å². The molecule has 0 aliphatic rings. The summed E-state index contributed by atoms with van der Waals surface area (Å²) in [6, 6.07) is 16.3. The highest BCUT2D eigenvalue weighted by atomic mass is 16.5. The number of hydroxylamine groups is 1. The summed E-state index contributed by atoms with van der Waals surface area (Å²) in [4.78, 5) is 42.6. The van der Waals surface area contributed by atoms with Crippen molar-refractivity contribution in [1.82, 2.24) is 16.1 Å². The van der Waals surface area contributed by atoms with Crippen LogP contribution in [0.3, 0.4) is 0 Å². The fourth-order valence-electron chi connectivity index (χ4n) is 2.82. The Balaban J connectivity index is 0.000000537. The van der Waals surface area contributed by atoms with Gasteiger partial charge in [0.25, 0.3) is 0 Å². The van der Waals surface area contributed by atoms with Crippen LogP contribution in [0.4, 0.5) is 10.5 Å². The smallest absolute Gasteiger partial charge is 0.330 e. The van der Waals surface area contributed by atoms with Gasteiger partial charge in [-0.25, -0.2) is 15.1 Å². The summed E-state index contributed by atoms with van der Waals surface area (Å²) in [6.07, 6.45) is 6.71. The van der Waals surface area contributed by atoms with E-state index >= 15 is 0 Å². The molecule has 0 heterocycles. The average molecular weight is 503 g/mol. The first kappa shape index (κ1) is 32.1. The lowest BCUT2D eigenvalue weighted by Crippen LogP contribution is -2.40. The second kappa shape index (κ2) is 21.6. The Morgan fingerprint density at radius 2 is 1.47 bits per heavy atom. The van der Waals surface area contributed by atoms with Gasteiger partial charge in [-0.1, -0.05) is 81.1 Å². The summed E-state index contributed by atoms with van der Waals surface area (Å²) < 4.78 is 0. The van der Waals surface area contributed by atoms with Crippen molar-refractivity contribution in [3.8, 4) is 0 Å². The summed E-state index contributed by atoms with van der Waals surface area (Å²) in [5.74, 6) is -1.36. The van der Waals surface area contributed by atoms with Gasteiger partial charge in [-0.2, -0.15) is 0 Å². The third-order valence-electron chi connectivity index (χ3n) is 4.62. The van der Waals surface area contributed by atoms with Gasteiger partial charge in [-0.3, -0.25) is 14.8 Å². The third kappa shape index (κ3) is 16.7. The number of anilines is 1. The number of carbonyl (C=O) groups is 4. The molecule has 2 aromatic carbocycles. The number of carbonyl (C=O) groups excluding carboxylic acids is 3. The molecule has 0 saturated carbocycles. The normalized spacial score (nSPS) is 10.2. The predicted octanol–water partition coefficient (Wildman–Crippen LogP) is 4.24. The summed E-state index contributed by atoms with van der Waals surface area (Å²) in [5.41, 5.74) is 2.99. The van der Waals surface area contributed by atoms with E-state index in [0.29, 0.717) is 24.9 Å². The Hall–Kier alpha value is -3.92. The number of aliphatic carboxylic acids is 1. The first-order valence-corrected chi connectivity index (χ1v) is 11.9. The maximum atomic E-state index is 11.2. The molecule has 10 nitrogen and oxygen atoms in total. The number of carboxylic acids is 1. The van der Waals surface area contributed by atoms with Crippen LogP contribution in [0, 0.1) is 0 Å². The van der Waals surface area contributed by atoms with Crippen molar-refractivity contribution in [3.05, 3.63) is 66.2 Å². The topological polar surface area (TPSA) is 157 Å². The quantitative estimate of drug-likeness (QED) is 0.110. The van der Waals surface area contributed by atoms with Gasteiger partial charge in [-0.15, -0.1) is 0 Å². The molecule has 2 aromatic rings. The van der Waals surface area contributed by atoms with Gasteiger partial charge in [0.1, 0.15) is 0 Å². The Morgan fingerprint density at radius 3 is 1.97 bits per heavy atom. The first-order chi connectivity index (χ1) is 17.4. The fraction of sp³-hybridized carbons (Fsp3) is 0.385. The van der Waals surface area contributed by atoms with Crippen LogP contribution >= 0.6 is 0 Å². The molecular weight excluding hydrogens is 464 g/mol. The molecule has 0 saturated heterocycles. The molecule has 6 N–H and O–H groups in total. The van der Waals surface area contributed by atoms with Gasteiger partial charge >= 0.3 is 12.0 Å². The average Bonchev–Trinajstić information content (AvgIpc) is 2.89. The number of nitrogens with one attached hydrogen (secondary N) is 4. The van der Waals surface area contributed by atoms with Crippen molar-refractivity contribution in [1.29, 1.82) is 0 Å². The van der Waals surface area contributed by atoms with Crippen LogP contribution in [0.25, 0.3) is 0 Å². The van der Waals surface area contributed by atoms with Crippen molar-refractivity contribution < 1.29 is 29.5 Å². The monoisotopic (exact) mass is 502 g/mol. The minimum Gasteiger partial charge on any atom is -0.479 e. The molecule has 198 valence electrons. The van der Waals surface area contributed by atoms with E-state index in [4.69, 9.17) is 10.3 Å². The second-order valence-electron chi connectivity index (χ2n) is 7.51. The molecule has 0 aromatic heterocycles. The second-order valence-corrected chi connectivity index (χ2v) is 7.51. The van der Waals surface area contributed by atoms with Crippen LogP contribution < -0.4 is 21.4 Å². The Morgan fingerprint density at radius 1 is 0.889 bits per heavy atom. The number of hydrogen-bond donors (Lipinski definition) is 6. The zero-order valence-corrected chi connectivity index (χ0v) is 20.9. The van der Waals surface area contributed by atoms with Crippen molar-refractivity contribution in [2.45, 2.75) is 58.4 Å². The van der Waals surface area contributed by atoms with Crippen LogP contribution in [0.2, 0.25) is 0 Å². The highest BCUT2D eigenvalue weighted by Gasteiger charge is 2.21. The maximum absolute atomic E-state index is 11.2. The van der Waals surface area contributed by atoms with Gasteiger partial charge in [0.05, 0.1) is 0 Å². The number of unbranched alkanes of at least 4 members (excludes halogenated alkanes) is 4. The number of hydrogen-bond acceptors (Lipinski definition) is 5. The highest BCUT2D eigenvalue weighted by molar-refractivity contribution is 5.83. The molecule has 10 heteroatoms. The van der Waals surface area contributed by atoms with Crippen molar-refractivity contribution >= 4 is 30.0 Å². The van der Waals surface area contributed by atoms with Gasteiger partial charge in [0, 0.05) is 18.7 Å². The summed E-state index contributed by atoms with van der Waals surface area (Å²) >= 11 is 0. The van der Waals surface area contributed by atoms with Crippen LogP contribution in [0.5, 0.6) is 0 Å². The minimum absolute atomic E-state index is 0.276. The zero-order valence-electron chi connectivity index (χ0n) is 20.9.